The molecule has 8 heterocycles. The minimum atomic E-state index is -4.34. The molecule has 6 aliphatic rings. The van der Waals surface area contributed by atoms with Crippen LogP contribution in [0.2, 0.25) is 10.0 Å². The van der Waals surface area contributed by atoms with Crippen LogP contribution in [-0.4, -0.2) is 128 Å². The van der Waals surface area contributed by atoms with Crippen LogP contribution in [-0.2, 0) is 46.2 Å². The van der Waals surface area contributed by atoms with Crippen LogP contribution < -0.4 is 33.2 Å². The topological polar surface area (TPSA) is 210 Å². The predicted molar refractivity (Wildman–Crippen MR) is 333 cm³/mol. The molecule has 474 valence electrons. The first-order valence-corrected chi connectivity index (χ1v) is 33.2. The molecule has 0 radical (unpaired) electrons. The summed E-state index contributed by atoms with van der Waals surface area (Å²) in [5, 5.41) is 11.9. The molecule has 14 rings (SSSR count). The SMILES string of the molecule is Cc1ccc(S(=O)(=O)Oc2cc(N3CCc4c(nc(OC[C@@]56CCCN5C[C@H](F)C6)nc4OS(=O)(=O)c4ccc(C)cc4)C3)c3c(Cl)c(F)ccc3c2)cc1.O=c1[nH]c(OC[C@@]23CCCN2C[C@H](F)C3)nc2c1CCN(c1cc(O)cc3ccc(F)c(Cl)c13)C2.[HH]. The summed E-state index contributed by atoms with van der Waals surface area (Å²) in [6.07, 6.45) is 2.97. The molecule has 0 aliphatic carbocycles. The van der Waals surface area contributed by atoms with E-state index < -0.39 is 49.8 Å². The van der Waals surface area contributed by atoms with E-state index in [1.807, 2.05) is 23.6 Å². The van der Waals surface area contributed by atoms with E-state index in [1.54, 1.807) is 36.4 Å². The maximum Gasteiger partial charge on any atom is 0.340 e. The van der Waals surface area contributed by atoms with Crippen molar-refractivity contribution in [3.05, 3.63) is 163 Å². The standard InChI is InChI=1S/C39H37ClF2N4O7S2.C25H25ClF2N4O3.H2/c1-24-4-9-29(10-5-24)54(47,48)52-28-18-26-8-13-32(42)36(40)35(26)34(19-28)45-17-14-31-33(22-45)43-38(51-23-39-15-3-16-46(39)21-27(41)20-39)44-37(31)53-55(49,50)30-11-6-25(2)7-12-30;26-22-18(28)3-2-14-8-16(33)9-20(21(14)22)31-7-4-17-19(12-31)29-24(30-23(17)34)35-13-25-5-1-6-32(25)11-15(27)10-25;/h4-13,18-19,27H,3,14-17,20-23H2,1-2H3;2-3,8-9,15,33H,1,4-7,10-13H2,(H,29,30,34);1H/t27-,39+;15-,25+;/m11./s1. The number of nitrogens with one attached hydrogen (secondary N) is 1. The van der Waals surface area contributed by atoms with Gasteiger partial charge < -0.3 is 32.7 Å². The van der Waals surface area contributed by atoms with Gasteiger partial charge in [0.1, 0.15) is 58.5 Å². The van der Waals surface area contributed by atoms with Crippen LogP contribution in [0, 0.1) is 25.5 Å². The van der Waals surface area contributed by atoms with Gasteiger partial charge in [0, 0.05) is 74.5 Å². The summed E-state index contributed by atoms with van der Waals surface area (Å²) >= 11 is 12.9. The summed E-state index contributed by atoms with van der Waals surface area (Å²) in [5.74, 6) is -1.42. The maximum atomic E-state index is 15.0. The Labute approximate surface area is 528 Å². The number of hydrogen-bond donors (Lipinski definition) is 2. The zero-order chi connectivity index (χ0) is 63.0. The van der Waals surface area contributed by atoms with Crippen molar-refractivity contribution in [2.45, 2.75) is 112 Å². The van der Waals surface area contributed by atoms with Crippen molar-refractivity contribution in [2.24, 2.45) is 0 Å². The number of aryl methyl sites for hydroxylation is 2. The van der Waals surface area contributed by atoms with Gasteiger partial charge in [0.15, 0.2) is 0 Å². The number of halogens is 6. The quantitative estimate of drug-likeness (QED) is 0.0766. The molecule has 4 saturated heterocycles. The van der Waals surface area contributed by atoms with Gasteiger partial charge in [-0.2, -0.15) is 31.8 Å². The third-order valence-corrected chi connectivity index (χ3v) is 21.4. The van der Waals surface area contributed by atoms with Crippen LogP contribution >= 0.6 is 23.2 Å². The Balaban J connectivity index is 0.000000191. The van der Waals surface area contributed by atoms with Crippen molar-refractivity contribution in [3.8, 4) is 29.4 Å². The summed E-state index contributed by atoms with van der Waals surface area (Å²) in [4.78, 5) is 37.1. The van der Waals surface area contributed by atoms with Crippen LogP contribution in [0.15, 0.2) is 112 Å². The third kappa shape index (κ3) is 11.9. The molecule has 4 fully saturated rings. The molecular formula is C64H64Cl2F4N8O10S2. The van der Waals surface area contributed by atoms with Crippen LogP contribution in [0.4, 0.5) is 28.9 Å². The van der Waals surface area contributed by atoms with Crippen molar-refractivity contribution >= 4 is 76.4 Å². The highest BCUT2D eigenvalue weighted by Crippen LogP contribution is 2.45. The number of phenols is 1. The fourth-order valence-electron chi connectivity index (χ4n) is 13.7. The average molecular weight is 1320 g/mol. The molecular weight excluding hydrogens is 1250 g/mol. The Morgan fingerprint density at radius 1 is 0.644 bits per heavy atom. The molecule has 6 aliphatic heterocycles. The normalized spacial score (nSPS) is 21.6. The molecule has 0 amide bonds. The van der Waals surface area contributed by atoms with Gasteiger partial charge in [0.2, 0.25) is 5.88 Å². The minimum Gasteiger partial charge on any atom is -0.508 e. The first-order valence-electron chi connectivity index (χ1n) is 29.6. The van der Waals surface area contributed by atoms with Crippen molar-refractivity contribution < 1.29 is 58.8 Å². The van der Waals surface area contributed by atoms with E-state index in [1.165, 1.54) is 60.7 Å². The summed E-state index contributed by atoms with van der Waals surface area (Å²) in [6, 6.07) is 23.9. The van der Waals surface area contributed by atoms with Gasteiger partial charge in [0.05, 0.1) is 57.0 Å². The number of rotatable bonds is 14. The number of hydrogen-bond acceptors (Lipinski definition) is 17. The molecule has 0 unspecified atom stereocenters. The van der Waals surface area contributed by atoms with Gasteiger partial charge >= 0.3 is 26.2 Å². The number of benzene rings is 6. The molecule has 4 atom stereocenters. The van der Waals surface area contributed by atoms with E-state index in [0.29, 0.717) is 94.3 Å². The lowest BCUT2D eigenvalue weighted by Gasteiger charge is -2.33. The van der Waals surface area contributed by atoms with Gasteiger partial charge in [-0.1, -0.05) is 70.7 Å². The first-order chi connectivity index (χ1) is 43.0. The number of fused-ring (bicyclic) bond motifs is 6. The monoisotopic (exact) mass is 1310 g/mol. The highest BCUT2D eigenvalue weighted by atomic mass is 35.5. The van der Waals surface area contributed by atoms with Crippen LogP contribution in [0.5, 0.6) is 29.4 Å². The minimum absolute atomic E-state index is 0. The Kier molecular flexibility index (Phi) is 16.3. The Morgan fingerprint density at radius 3 is 1.73 bits per heavy atom. The second kappa shape index (κ2) is 24.0. The van der Waals surface area contributed by atoms with Crippen LogP contribution in [0.1, 0.15) is 73.6 Å². The number of nitrogens with zero attached hydrogens (tertiary/aromatic N) is 7. The smallest absolute Gasteiger partial charge is 0.340 e. The lowest BCUT2D eigenvalue weighted by molar-refractivity contribution is 0.106. The summed E-state index contributed by atoms with van der Waals surface area (Å²) in [7, 11) is -8.59. The van der Waals surface area contributed by atoms with Gasteiger partial charge in [0.25, 0.3) is 11.6 Å². The Morgan fingerprint density at radius 2 is 1.16 bits per heavy atom. The Hall–Kier alpha value is -7.48. The number of ether oxygens (including phenoxy) is 2. The number of aromatic hydroxyl groups is 1. The number of phenolic OH excluding ortho intramolecular Hbond substituents is 1. The second-order valence-electron chi connectivity index (χ2n) is 24.1. The largest absolute Gasteiger partial charge is 0.508 e. The van der Waals surface area contributed by atoms with E-state index in [-0.39, 0.29) is 101 Å². The molecule has 26 heteroatoms. The number of anilines is 2. The van der Waals surface area contributed by atoms with Crippen LogP contribution in [0.25, 0.3) is 21.5 Å². The van der Waals surface area contributed by atoms with E-state index in [2.05, 4.69) is 24.8 Å². The fraction of sp³-hybridized carbons (Fsp3) is 0.375. The van der Waals surface area contributed by atoms with Gasteiger partial charge in [-0.3, -0.25) is 19.6 Å². The highest BCUT2D eigenvalue weighted by Gasteiger charge is 2.51. The molecule has 0 spiro atoms. The number of aromatic nitrogens is 4. The molecule has 2 aromatic heterocycles. The molecule has 90 heavy (non-hydrogen) atoms. The van der Waals surface area contributed by atoms with Crippen molar-refractivity contribution in [1.29, 1.82) is 0 Å². The van der Waals surface area contributed by atoms with E-state index >= 15 is 4.39 Å². The average Bonchev–Trinajstić information content (AvgIpc) is 1.65. The van der Waals surface area contributed by atoms with E-state index in [0.717, 1.165) is 49.9 Å². The number of H-pyrrole nitrogens is 1. The summed E-state index contributed by atoms with van der Waals surface area (Å²) < 4.78 is 135. The lowest BCUT2D eigenvalue weighted by Crippen LogP contribution is -2.44. The van der Waals surface area contributed by atoms with E-state index in [4.69, 9.17) is 46.0 Å². The van der Waals surface area contributed by atoms with Gasteiger partial charge in [-0.05, 0) is 125 Å². The molecule has 2 N–H and O–H groups in total. The van der Waals surface area contributed by atoms with Crippen molar-refractivity contribution in [2.75, 3.05) is 62.3 Å². The van der Waals surface area contributed by atoms with Gasteiger partial charge in [-0.15, -0.1) is 0 Å². The van der Waals surface area contributed by atoms with Crippen molar-refractivity contribution in [1.82, 2.24) is 29.7 Å². The maximum absolute atomic E-state index is 15.0. The highest BCUT2D eigenvalue weighted by molar-refractivity contribution is 7.87. The van der Waals surface area contributed by atoms with Gasteiger partial charge in [-0.25, -0.2) is 17.6 Å². The molecule has 0 saturated carbocycles. The van der Waals surface area contributed by atoms with Crippen LogP contribution in [0.3, 0.4) is 0 Å². The zero-order valence-corrected chi connectivity index (χ0v) is 52.1. The van der Waals surface area contributed by atoms with Crippen molar-refractivity contribution in [3.63, 3.8) is 0 Å². The first kappa shape index (κ1) is 61.4. The van der Waals surface area contributed by atoms with E-state index in [9.17, 15) is 39.9 Å². The molecule has 8 aromatic rings. The number of aromatic amines is 1. The molecule has 6 aromatic carbocycles. The summed E-state index contributed by atoms with van der Waals surface area (Å²) in [5.41, 5.74) is 3.44. The second-order valence-corrected chi connectivity index (χ2v) is 28.0. The fourth-order valence-corrected chi connectivity index (χ4v) is 16.1. The third-order valence-electron chi connectivity index (χ3n) is 18.2. The predicted octanol–water partition coefficient (Wildman–Crippen LogP) is 11.3. The number of alkyl halides is 2. The molecule has 18 nitrogen and oxygen atoms in total. The zero-order valence-electron chi connectivity index (χ0n) is 49.0. The summed E-state index contributed by atoms with van der Waals surface area (Å²) in [6.45, 7) is 7.37. The molecule has 0 bridgehead atoms. The lowest BCUT2D eigenvalue weighted by atomic mass is 9.95. The Bertz CT molecular complexity index is 4450.